The van der Waals surface area contributed by atoms with Gasteiger partial charge in [0.1, 0.15) is 5.56 Å². The Hall–Kier alpha value is -1.85. The van der Waals surface area contributed by atoms with Crippen molar-refractivity contribution in [3.63, 3.8) is 0 Å². The third-order valence-electron chi connectivity index (χ3n) is 2.12. The molecule has 0 amide bonds. The number of carbonyl (C=O) groups is 1. The SMILES string of the molecule is C#CC(C)(C)NS(=O)(=O)c1[nH]ncc1C(=O)OCC. The topological polar surface area (TPSA) is 101 Å². The number of hydrogen-bond acceptors (Lipinski definition) is 5. The summed E-state index contributed by atoms with van der Waals surface area (Å²) in [6, 6.07) is 0. The Morgan fingerprint density at radius 3 is 2.79 bits per heavy atom. The summed E-state index contributed by atoms with van der Waals surface area (Å²) in [7, 11) is -3.99. The standard InChI is InChI=1S/C11H15N3O4S/c1-5-11(3,4)14-19(16,17)9-8(7-12-13-9)10(15)18-6-2/h1,7,14H,6H2,2-4H3,(H,12,13). The van der Waals surface area contributed by atoms with Crippen molar-refractivity contribution in [3.8, 4) is 12.3 Å². The van der Waals surface area contributed by atoms with Crippen LogP contribution < -0.4 is 4.72 Å². The second-order valence-corrected chi connectivity index (χ2v) is 5.83. The van der Waals surface area contributed by atoms with Crippen LogP contribution in [0.3, 0.4) is 0 Å². The number of aromatic nitrogens is 2. The average molecular weight is 285 g/mol. The Labute approximate surface area is 111 Å². The average Bonchev–Trinajstić information content (AvgIpc) is 2.77. The van der Waals surface area contributed by atoms with Gasteiger partial charge in [0.15, 0.2) is 5.03 Å². The fourth-order valence-corrected chi connectivity index (χ4v) is 2.68. The molecule has 0 bridgehead atoms. The Balaban J connectivity index is 3.14. The highest BCUT2D eigenvalue weighted by atomic mass is 32.2. The maximum atomic E-state index is 12.1. The molecule has 0 aromatic carbocycles. The molecule has 0 aliphatic carbocycles. The van der Waals surface area contributed by atoms with E-state index >= 15 is 0 Å². The monoisotopic (exact) mass is 285 g/mol. The Bertz CT molecular complexity index is 610. The van der Waals surface area contributed by atoms with E-state index in [2.05, 4.69) is 20.8 Å². The van der Waals surface area contributed by atoms with Crippen molar-refractivity contribution in [2.75, 3.05) is 6.61 Å². The number of aromatic amines is 1. The van der Waals surface area contributed by atoms with E-state index < -0.39 is 21.5 Å². The lowest BCUT2D eigenvalue weighted by Gasteiger charge is -2.18. The molecule has 0 aliphatic heterocycles. The number of nitrogens with zero attached hydrogens (tertiary/aromatic N) is 1. The van der Waals surface area contributed by atoms with E-state index in [9.17, 15) is 13.2 Å². The van der Waals surface area contributed by atoms with Crippen LogP contribution in [0.4, 0.5) is 0 Å². The zero-order valence-corrected chi connectivity index (χ0v) is 11.7. The first-order valence-corrected chi connectivity index (χ1v) is 6.94. The molecule has 0 saturated carbocycles. The fraction of sp³-hybridized carbons (Fsp3) is 0.455. The molecule has 104 valence electrons. The lowest BCUT2D eigenvalue weighted by atomic mass is 10.1. The Morgan fingerprint density at radius 2 is 2.26 bits per heavy atom. The van der Waals surface area contributed by atoms with Gasteiger partial charge in [0, 0.05) is 0 Å². The zero-order valence-electron chi connectivity index (χ0n) is 10.9. The molecule has 1 heterocycles. The molecular formula is C11H15N3O4S. The molecule has 8 heteroatoms. The van der Waals surface area contributed by atoms with Crippen LogP contribution in [-0.2, 0) is 14.8 Å². The molecular weight excluding hydrogens is 270 g/mol. The van der Waals surface area contributed by atoms with Gasteiger partial charge in [0.05, 0.1) is 18.3 Å². The van der Waals surface area contributed by atoms with Crippen molar-refractivity contribution < 1.29 is 17.9 Å². The Kier molecular flexibility index (Phi) is 4.34. The number of esters is 1. The van der Waals surface area contributed by atoms with Crippen molar-refractivity contribution in [1.82, 2.24) is 14.9 Å². The highest BCUT2D eigenvalue weighted by molar-refractivity contribution is 7.89. The van der Waals surface area contributed by atoms with Gasteiger partial charge in [-0.15, -0.1) is 6.42 Å². The highest BCUT2D eigenvalue weighted by Gasteiger charge is 2.30. The predicted octanol–water partition coefficient (Wildman–Crippen LogP) is 0.276. The minimum atomic E-state index is -3.99. The molecule has 19 heavy (non-hydrogen) atoms. The van der Waals surface area contributed by atoms with Gasteiger partial charge in [-0.05, 0) is 20.8 Å². The summed E-state index contributed by atoms with van der Waals surface area (Å²) >= 11 is 0. The summed E-state index contributed by atoms with van der Waals surface area (Å²) in [5.41, 5.74) is -1.25. The first-order chi connectivity index (χ1) is 8.73. The number of sulfonamides is 1. The minimum absolute atomic E-state index is 0.132. The van der Waals surface area contributed by atoms with E-state index in [4.69, 9.17) is 11.2 Å². The van der Waals surface area contributed by atoms with E-state index in [0.717, 1.165) is 6.20 Å². The fourth-order valence-electron chi connectivity index (χ4n) is 1.25. The van der Waals surface area contributed by atoms with Crippen molar-refractivity contribution >= 4 is 16.0 Å². The van der Waals surface area contributed by atoms with Crippen LogP contribution in [0, 0.1) is 12.3 Å². The smallest absolute Gasteiger partial charge is 0.342 e. The molecule has 0 unspecified atom stereocenters. The van der Waals surface area contributed by atoms with E-state index in [-0.39, 0.29) is 17.2 Å². The molecule has 0 fully saturated rings. The van der Waals surface area contributed by atoms with E-state index in [1.165, 1.54) is 13.8 Å². The molecule has 0 spiro atoms. The number of ether oxygens (including phenoxy) is 1. The van der Waals surface area contributed by atoms with Gasteiger partial charge in [0.25, 0.3) is 10.0 Å². The van der Waals surface area contributed by atoms with Crippen molar-refractivity contribution in [1.29, 1.82) is 0 Å². The van der Waals surface area contributed by atoms with Gasteiger partial charge in [-0.2, -0.15) is 9.82 Å². The van der Waals surface area contributed by atoms with Gasteiger partial charge in [-0.3, -0.25) is 5.10 Å². The molecule has 0 saturated heterocycles. The number of carbonyl (C=O) groups excluding carboxylic acids is 1. The number of rotatable bonds is 5. The van der Waals surface area contributed by atoms with Gasteiger partial charge >= 0.3 is 5.97 Å². The summed E-state index contributed by atoms with van der Waals surface area (Å²) in [4.78, 5) is 11.6. The summed E-state index contributed by atoms with van der Waals surface area (Å²) < 4.78 is 31.2. The van der Waals surface area contributed by atoms with Gasteiger partial charge in [-0.25, -0.2) is 13.2 Å². The van der Waals surface area contributed by atoms with Crippen LogP contribution in [0.25, 0.3) is 0 Å². The highest BCUT2D eigenvalue weighted by Crippen LogP contribution is 2.15. The van der Waals surface area contributed by atoms with Crippen LogP contribution in [0.2, 0.25) is 0 Å². The second-order valence-electron chi connectivity index (χ2n) is 4.21. The molecule has 1 aromatic rings. The van der Waals surface area contributed by atoms with Gasteiger partial charge in [-0.1, -0.05) is 5.92 Å². The number of H-pyrrole nitrogens is 1. The minimum Gasteiger partial charge on any atom is -0.462 e. The number of hydrogen-bond donors (Lipinski definition) is 2. The van der Waals surface area contributed by atoms with E-state index in [1.807, 2.05) is 0 Å². The molecule has 0 aliphatic rings. The summed E-state index contributed by atoms with van der Waals surface area (Å²) in [5, 5.41) is 5.45. The van der Waals surface area contributed by atoms with Crippen molar-refractivity contribution in [2.24, 2.45) is 0 Å². The molecule has 0 atom stereocenters. The van der Waals surface area contributed by atoms with Gasteiger partial charge in [0.2, 0.25) is 0 Å². The molecule has 1 aromatic heterocycles. The van der Waals surface area contributed by atoms with E-state index in [1.54, 1.807) is 6.92 Å². The predicted molar refractivity (Wildman–Crippen MR) is 67.8 cm³/mol. The Morgan fingerprint density at radius 1 is 1.63 bits per heavy atom. The third kappa shape index (κ3) is 3.56. The third-order valence-corrected chi connectivity index (χ3v) is 3.75. The number of terminal acetylenes is 1. The van der Waals surface area contributed by atoms with E-state index in [0.29, 0.717) is 0 Å². The second kappa shape index (κ2) is 5.42. The molecule has 0 radical (unpaired) electrons. The molecule has 7 nitrogen and oxygen atoms in total. The summed E-state index contributed by atoms with van der Waals surface area (Å²) in [5.74, 6) is 1.52. The van der Waals surface area contributed by atoms with Crippen LogP contribution in [-0.4, -0.2) is 36.7 Å². The normalized spacial score (nSPS) is 11.9. The maximum Gasteiger partial charge on any atom is 0.342 e. The maximum absolute atomic E-state index is 12.1. The lowest BCUT2D eigenvalue weighted by Crippen LogP contribution is -2.42. The van der Waals surface area contributed by atoms with Crippen LogP contribution >= 0.6 is 0 Å². The van der Waals surface area contributed by atoms with Crippen LogP contribution in [0.1, 0.15) is 31.1 Å². The first-order valence-electron chi connectivity index (χ1n) is 5.45. The van der Waals surface area contributed by atoms with Crippen molar-refractivity contribution in [3.05, 3.63) is 11.8 Å². The zero-order chi connectivity index (χ0) is 14.7. The quantitative estimate of drug-likeness (QED) is 0.597. The summed E-state index contributed by atoms with van der Waals surface area (Å²) in [6.45, 7) is 4.79. The van der Waals surface area contributed by atoms with Crippen LogP contribution in [0.5, 0.6) is 0 Å². The summed E-state index contributed by atoms with van der Waals surface area (Å²) in [6.07, 6.45) is 6.31. The van der Waals surface area contributed by atoms with Crippen LogP contribution in [0.15, 0.2) is 11.2 Å². The largest absolute Gasteiger partial charge is 0.462 e. The first kappa shape index (κ1) is 15.2. The lowest BCUT2D eigenvalue weighted by molar-refractivity contribution is 0.0521. The van der Waals surface area contributed by atoms with Gasteiger partial charge < -0.3 is 4.74 Å². The van der Waals surface area contributed by atoms with Crippen molar-refractivity contribution in [2.45, 2.75) is 31.3 Å². The number of nitrogens with one attached hydrogen (secondary N) is 2. The molecule has 1 rings (SSSR count). The molecule has 2 N–H and O–H groups in total.